The third-order valence-electron chi connectivity index (χ3n) is 4.37. The van der Waals surface area contributed by atoms with Gasteiger partial charge in [0.05, 0.1) is 12.3 Å². The van der Waals surface area contributed by atoms with Gasteiger partial charge in [-0.25, -0.2) is 0 Å². The lowest BCUT2D eigenvalue weighted by molar-refractivity contribution is -0.603. The van der Waals surface area contributed by atoms with Crippen molar-refractivity contribution in [1.82, 2.24) is 0 Å². The summed E-state index contributed by atoms with van der Waals surface area (Å²) >= 11 is 0. The molecule has 0 atom stereocenters. The van der Waals surface area contributed by atoms with Crippen LogP contribution >= 0.6 is 0 Å². The number of hydrogen-bond acceptors (Lipinski definition) is 3. The second-order valence-corrected chi connectivity index (χ2v) is 9.07. The van der Waals surface area contributed by atoms with Crippen LogP contribution in [0.1, 0.15) is 34.1 Å². The summed E-state index contributed by atoms with van der Waals surface area (Å²) in [4.78, 5) is 0. The minimum Gasteiger partial charge on any atom is -0.405 e. The second-order valence-electron chi connectivity index (χ2n) is 7.50. The first-order valence-electron chi connectivity index (χ1n) is 8.38. The number of hydrogen-bond donors (Lipinski definition) is 3. The predicted octanol–water partition coefficient (Wildman–Crippen LogP) is 2.29. The van der Waals surface area contributed by atoms with Crippen molar-refractivity contribution in [2.24, 2.45) is 16.6 Å². The fourth-order valence-corrected chi connectivity index (χ4v) is 3.26. The van der Waals surface area contributed by atoms with Crippen LogP contribution < -0.4 is 11.1 Å². The van der Waals surface area contributed by atoms with Gasteiger partial charge in [0.15, 0.2) is 0 Å². The molecule has 5 nitrogen and oxygen atoms in total. The molecule has 0 radical (unpaired) electrons. The van der Waals surface area contributed by atoms with Crippen molar-refractivity contribution in [2.45, 2.75) is 34.1 Å². The van der Waals surface area contributed by atoms with Crippen LogP contribution in [-0.4, -0.2) is 25.3 Å². The molecule has 0 saturated carbocycles. The third-order valence-corrected chi connectivity index (χ3v) is 5.18. The first-order chi connectivity index (χ1) is 11.4. The van der Waals surface area contributed by atoms with Crippen LogP contribution in [0.5, 0.6) is 0 Å². The number of rotatable bonds is 8. The number of allylic oxidation sites excluding steroid dienone is 7. The smallest absolute Gasteiger partial charge is 0.265 e. The van der Waals surface area contributed by atoms with Gasteiger partial charge < -0.3 is 11.1 Å². The van der Waals surface area contributed by atoms with E-state index in [9.17, 15) is 8.42 Å². The van der Waals surface area contributed by atoms with Crippen LogP contribution in [-0.2, 0) is 10.1 Å². The summed E-state index contributed by atoms with van der Waals surface area (Å²) in [6.45, 7) is 13.2. The summed E-state index contributed by atoms with van der Waals surface area (Å²) in [5, 5.41) is 2.02. The predicted molar refractivity (Wildman–Crippen MR) is 103 cm³/mol. The Kier molecular flexibility index (Phi) is 6.99. The molecular formula is C19H31N2O3S+. The molecule has 0 fully saturated rings. The zero-order chi connectivity index (χ0) is 19.3. The Morgan fingerprint density at radius 2 is 2.08 bits per heavy atom. The lowest BCUT2D eigenvalue weighted by Gasteiger charge is -2.31. The highest BCUT2D eigenvalue weighted by Crippen LogP contribution is 2.40. The van der Waals surface area contributed by atoms with Gasteiger partial charge in [0.25, 0.3) is 10.1 Å². The SMILES string of the molecule is C=C(/C=C/N)C(C)(C)C1=CC(C)(C)C=CC=C1[NH2+]CCCS(=O)(=O)O. The molecule has 5 N–H and O–H groups in total. The van der Waals surface area contributed by atoms with Gasteiger partial charge in [-0.3, -0.25) is 4.55 Å². The lowest BCUT2D eigenvalue weighted by atomic mass is 9.73. The van der Waals surface area contributed by atoms with Gasteiger partial charge in [-0.2, -0.15) is 8.42 Å². The minimum atomic E-state index is -3.92. The molecule has 0 bridgehead atoms. The zero-order valence-electron chi connectivity index (χ0n) is 15.6. The van der Waals surface area contributed by atoms with Crippen LogP contribution in [0.25, 0.3) is 0 Å². The molecule has 0 aliphatic heterocycles. The molecule has 0 aromatic carbocycles. The van der Waals surface area contributed by atoms with E-state index in [4.69, 9.17) is 10.3 Å². The summed E-state index contributed by atoms with van der Waals surface area (Å²) in [7, 11) is -3.92. The Bertz CT molecular complexity index is 724. The highest BCUT2D eigenvalue weighted by atomic mass is 32.2. The summed E-state index contributed by atoms with van der Waals surface area (Å²) in [5.74, 6) is -0.233. The Morgan fingerprint density at radius 3 is 2.64 bits per heavy atom. The van der Waals surface area contributed by atoms with E-state index in [-0.39, 0.29) is 16.6 Å². The molecule has 1 aliphatic carbocycles. The van der Waals surface area contributed by atoms with Gasteiger partial charge in [0.2, 0.25) is 0 Å². The molecule has 0 aromatic rings. The molecule has 140 valence electrons. The minimum absolute atomic E-state index is 0.111. The first kappa shape index (κ1) is 21.4. The largest absolute Gasteiger partial charge is 0.405 e. The fourth-order valence-electron chi connectivity index (χ4n) is 2.73. The van der Waals surface area contributed by atoms with E-state index in [2.05, 4.69) is 46.4 Å². The van der Waals surface area contributed by atoms with Crippen LogP contribution in [0, 0.1) is 10.8 Å². The van der Waals surface area contributed by atoms with Gasteiger partial charge in [-0.05, 0) is 23.9 Å². The van der Waals surface area contributed by atoms with E-state index in [1.54, 1.807) is 0 Å². The van der Waals surface area contributed by atoms with Gasteiger partial charge >= 0.3 is 0 Å². The highest BCUT2D eigenvalue weighted by molar-refractivity contribution is 7.85. The van der Waals surface area contributed by atoms with Crippen LogP contribution in [0.15, 0.2) is 60.0 Å². The molecule has 1 rings (SSSR count). The molecule has 0 spiro atoms. The van der Waals surface area contributed by atoms with Gasteiger partial charge in [0, 0.05) is 22.8 Å². The molecule has 0 amide bonds. The molecule has 0 aromatic heterocycles. The Hall–Kier alpha value is -1.63. The quantitative estimate of drug-likeness (QED) is 0.348. The normalized spacial score (nSPS) is 18.0. The molecule has 0 saturated heterocycles. The monoisotopic (exact) mass is 367 g/mol. The van der Waals surface area contributed by atoms with Crippen LogP contribution in [0.4, 0.5) is 0 Å². The molecule has 6 heteroatoms. The fraction of sp³-hybridized carbons (Fsp3) is 0.474. The van der Waals surface area contributed by atoms with E-state index in [1.807, 2.05) is 23.5 Å². The van der Waals surface area contributed by atoms with Crippen molar-refractivity contribution in [1.29, 1.82) is 0 Å². The Labute approximate surface area is 151 Å². The van der Waals surface area contributed by atoms with E-state index in [1.165, 1.54) is 6.20 Å². The van der Waals surface area contributed by atoms with Crippen molar-refractivity contribution in [2.75, 3.05) is 12.3 Å². The van der Waals surface area contributed by atoms with E-state index < -0.39 is 10.1 Å². The molecular weight excluding hydrogens is 336 g/mol. The molecule has 1 aliphatic rings. The number of quaternary nitrogens is 1. The Morgan fingerprint density at radius 1 is 1.44 bits per heavy atom. The van der Waals surface area contributed by atoms with Gasteiger partial charge in [0.1, 0.15) is 5.70 Å². The van der Waals surface area contributed by atoms with Crippen molar-refractivity contribution in [3.63, 3.8) is 0 Å². The lowest BCUT2D eigenvalue weighted by Crippen LogP contribution is -2.83. The van der Waals surface area contributed by atoms with E-state index in [0.717, 1.165) is 16.8 Å². The second kappa shape index (κ2) is 8.17. The summed E-state index contributed by atoms with van der Waals surface area (Å²) in [5.41, 5.74) is 8.15. The number of nitrogens with two attached hydrogens (primary N) is 2. The van der Waals surface area contributed by atoms with Crippen LogP contribution in [0.3, 0.4) is 0 Å². The van der Waals surface area contributed by atoms with Crippen molar-refractivity contribution in [3.8, 4) is 0 Å². The molecule has 0 heterocycles. The average molecular weight is 368 g/mol. The summed E-state index contributed by atoms with van der Waals surface area (Å²) in [6, 6.07) is 0. The van der Waals surface area contributed by atoms with Gasteiger partial charge in [-0.15, -0.1) is 0 Å². The van der Waals surface area contributed by atoms with Crippen LogP contribution in [0.2, 0.25) is 0 Å². The molecule has 0 unspecified atom stereocenters. The maximum absolute atomic E-state index is 10.9. The Balaban J connectivity index is 3.09. The van der Waals surface area contributed by atoms with Crippen molar-refractivity contribution in [3.05, 3.63) is 60.0 Å². The summed E-state index contributed by atoms with van der Waals surface area (Å²) < 4.78 is 30.6. The van der Waals surface area contributed by atoms with Crippen molar-refractivity contribution < 1.29 is 18.3 Å². The maximum Gasteiger partial charge on any atom is 0.265 e. The topological polar surface area (TPSA) is 97.0 Å². The van der Waals surface area contributed by atoms with E-state index >= 15 is 0 Å². The molecule has 25 heavy (non-hydrogen) atoms. The zero-order valence-corrected chi connectivity index (χ0v) is 16.4. The van der Waals surface area contributed by atoms with Crippen molar-refractivity contribution >= 4 is 10.1 Å². The first-order valence-corrected chi connectivity index (χ1v) is 9.99. The highest BCUT2D eigenvalue weighted by Gasteiger charge is 2.32. The van der Waals surface area contributed by atoms with Gasteiger partial charge in [-0.1, -0.05) is 52.5 Å². The standard InChI is InChI=1S/C19H30N2O3S/c1-15(9-11-20)19(4,5)16-14-18(2,3)10-6-8-17(16)21-12-7-13-25(22,23)24/h6,8-11,14,21H,1,7,12-13,20H2,2-5H3,(H,22,23,24)/p+1/b11-9+. The average Bonchev–Trinajstić information content (AvgIpc) is 2.61. The summed E-state index contributed by atoms with van der Waals surface area (Å²) in [6.07, 6.45) is 12.1. The third kappa shape index (κ3) is 6.65. The maximum atomic E-state index is 10.9. The van der Waals surface area contributed by atoms with E-state index in [0.29, 0.717) is 13.0 Å².